The van der Waals surface area contributed by atoms with Gasteiger partial charge in [0.1, 0.15) is 11.6 Å². The number of carbonyl (C=O) groups is 2. The highest BCUT2D eigenvalue weighted by Gasteiger charge is 2.51. The number of piperazine rings is 1. The van der Waals surface area contributed by atoms with Gasteiger partial charge in [-0.05, 0) is 19.3 Å². The van der Waals surface area contributed by atoms with Gasteiger partial charge >= 0.3 is 0 Å². The standard InChI is InChI=1S/C12H18N2O3/c15-10-9-3-1-2-6-14(9)11(16)12(13-10)4-7-17-8-5-12/h9H,1-8H2,(H,13,15)/t9-/m1/s1. The molecule has 1 N–H and O–H groups in total. The third-order valence-electron chi connectivity index (χ3n) is 4.18. The van der Waals surface area contributed by atoms with Crippen LogP contribution in [0.1, 0.15) is 32.1 Å². The number of hydrogen-bond acceptors (Lipinski definition) is 3. The van der Waals surface area contributed by atoms with Gasteiger partial charge in [-0.2, -0.15) is 0 Å². The van der Waals surface area contributed by atoms with Gasteiger partial charge in [0.05, 0.1) is 0 Å². The van der Waals surface area contributed by atoms with Crippen molar-refractivity contribution in [2.75, 3.05) is 19.8 Å². The molecule has 3 fully saturated rings. The average molecular weight is 238 g/mol. The molecule has 0 aromatic heterocycles. The van der Waals surface area contributed by atoms with Crippen LogP contribution in [0.15, 0.2) is 0 Å². The van der Waals surface area contributed by atoms with Crippen LogP contribution in [-0.4, -0.2) is 48.1 Å². The molecule has 0 unspecified atom stereocenters. The van der Waals surface area contributed by atoms with Crippen molar-refractivity contribution in [1.82, 2.24) is 10.2 Å². The molecule has 1 atom stereocenters. The first-order chi connectivity index (χ1) is 8.23. The lowest BCUT2D eigenvalue weighted by molar-refractivity contribution is -0.161. The molecule has 0 bridgehead atoms. The Morgan fingerprint density at radius 1 is 1.24 bits per heavy atom. The lowest BCUT2D eigenvalue weighted by atomic mass is 9.83. The van der Waals surface area contributed by atoms with E-state index in [9.17, 15) is 9.59 Å². The summed E-state index contributed by atoms with van der Waals surface area (Å²) in [7, 11) is 0. The maximum absolute atomic E-state index is 12.5. The molecule has 2 amide bonds. The number of fused-ring (bicyclic) bond motifs is 1. The Balaban J connectivity index is 1.88. The topological polar surface area (TPSA) is 58.6 Å². The quantitative estimate of drug-likeness (QED) is 0.648. The fourth-order valence-electron chi connectivity index (χ4n) is 3.15. The highest BCUT2D eigenvalue weighted by Crippen LogP contribution is 2.31. The summed E-state index contributed by atoms with van der Waals surface area (Å²) in [6, 6.07) is -0.218. The summed E-state index contributed by atoms with van der Waals surface area (Å²) in [5.41, 5.74) is -0.664. The largest absolute Gasteiger partial charge is 0.381 e. The van der Waals surface area contributed by atoms with E-state index in [1.54, 1.807) is 4.90 Å². The second-order valence-electron chi connectivity index (χ2n) is 5.19. The van der Waals surface area contributed by atoms with Crippen LogP contribution in [0.5, 0.6) is 0 Å². The maximum atomic E-state index is 12.5. The minimum atomic E-state index is -0.664. The minimum Gasteiger partial charge on any atom is -0.381 e. The fraction of sp³-hybridized carbons (Fsp3) is 0.833. The molecule has 3 saturated heterocycles. The molecule has 0 aromatic rings. The zero-order valence-electron chi connectivity index (χ0n) is 9.91. The van der Waals surface area contributed by atoms with Crippen molar-refractivity contribution in [3.8, 4) is 0 Å². The van der Waals surface area contributed by atoms with Crippen molar-refractivity contribution in [3.63, 3.8) is 0 Å². The predicted octanol–water partition coefficient (Wildman–Crippen LogP) is 0.0465. The molecular formula is C12H18N2O3. The van der Waals surface area contributed by atoms with Crippen LogP contribution in [-0.2, 0) is 14.3 Å². The van der Waals surface area contributed by atoms with Crippen molar-refractivity contribution in [2.45, 2.75) is 43.7 Å². The van der Waals surface area contributed by atoms with Gasteiger partial charge in [-0.15, -0.1) is 0 Å². The third-order valence-corrected chi connectivity index (χ3v) is 4.18. The van der Waals surface area contributed by atoms with Gasteiger partial charge in [0.2, 0.25) is 11.8 Å². The molecule has 0 saturated carbocycles. The Bertz CT molecular complexity index is 350. The maximum Gasteiger partial charge on any atom is 0.249 e. The normalized spacial score (nSPS) is 32.2. The van der Waals surface area contributed by atoms with Crippen LogP contribution in [0.25, 0.3) is 0 Å². The second kappa shape index (κ2) is 3.98. The van der Waals surface area contributed by atoms with E-state index in [2.05, 4.69) is 5.32 Å². The van der Waals surface area contributed by atoms with E-state index in [0.717, 1.165) is 25.8 Å². The first kappa shape index (κ1) is 11.0. The van der Waals surface area contributed by atoms with Crippen molar-refractivity contribution >= 4 is 11.8 Å². The van der Waals surface area contributed by atoms with Crippen molar-refractivity contribution in [2.24, 2.45) is 0 Å². The molecule has 5 nitrogen and oxygen atoms in total. The Morgan fingerprint density at radius 2 is 2.00 bits per heavy atom. The van der Waals surface area contributed by atoms with E-state index in [1.165, 1.54) is 0 Å². The highest BCUT2D eigenvalue weighted by molar-refractivity contribution is 6.00. The van der Waals surface area contributed by atoms with Gasteiger partial charge in [-0.3, -0.25) is 9.59 Å². The summed E-state index contributed by atoms with van der Waals surface area (Å²) in [5, 5.41) is 2.97. The fourth-order valence-corrected chi connectivity index (χ4v) is 3.15. The Morgan fingerprint density at radius 3 is 2.76 bits per heavy atom. The number of piperidine rings is 1. The monoisotopic (exact) mass is 238 g/mol. The van der Waals surface area contributed by atoms with Gasteiger partial charge in [0, 0.05) is 32.6 Å². The molecule has 0 radical (unpaired) electrons. The molecular weight excluding hydrogens is 220 g/mol. The van der Waals surface area contributed by atoms with Gasteiger partial charge in [0.15, 0.2) is 0 Å². The Hall–Kier alpha value is -1.10. The minimum absolute atomic E-state index is 0.0335. The van der Waals surface area contributed by atoms with E-state index < -0.39 is 5.54 Å². The van der Waals surface area contributed by atoms with Crippen molar-refractivity contribution in [3.05, 3.63) is 0 Å². The number of amides is 2. The molecule has 3 heterocycles. The van der Waals surface area contributed by atoms with Gasteiger partial charge in [0.25, 0.3) is 0 Å². The summed E-state index contributed by atoms with van der Waals surface area (Å²) in [6.07, 6.45) is 4.09. The molecule has 0 aliphatic carbocycles. The Labute approximate surface area is 100 Å². The van der Waals surface area contributed by atoms with Crippen LogP contribution >= 0.6 is 0 Å². The van der Waals surface area contributed by atoms with E-state index in [1.807, 2.05) is 0 Å². The van der Waals surface area contributed by atoms with E-state index >= 15 is 0 Å². The van der Waals surface area contributed by atoms with Crippen molar-refractivity contribution in [1.29, 1.82) is 0 Å². The van der Waals surface area contributed by atoms with Crippen LogP contribution in [0.4, 0.5) is 0 Å². The lowest BCUT2D eigenvalue weighted by Crippen LogP contribution is -2.72. The highest BCUT2D eigenvalue weighted by atomic mass is 16.5. The lowest BCUT2D eigenvalue weighted by Gasteiger charge is -2.49. The molecule has 17 heavy (non-hydrogen) atoms. The summed E-state index contributed by atoms with van der Waals surface area (Å²) in [5.74, 6) is 0.149. The molecule has 94 valence electrons. The first-order valence-corrected chi connectivity index (χ1v) is 6.44. The van der Waals surface area contributed by atoms with Crippen LogP contribution in [0.2, 0.25) is 0 Å². The van der Waals surface area contributed by atoms with Gasteiger partial charge in [-0.1, -0.05) is 0 Å². The Kier molecular flexibility index (Phi) is 2.58. The summed E-state index contributed by atoms with van der Waals surface area (Å²) in [4.78, 5) is 26.4. The summed E-state index contributed by atoms with van der Waals surface area (Å²) >= 11 is 0. The van der Waals surface area contributed by atoms with Gasteiger partial charge < -0.3 is 15.0 Å². The van der Waals surface area contributed by atoms with E-state index in [4.69, 9.17) is 4.74 Å². The summed E-state index contributed by atoms with van der Waals surface area (Å²) < 4.78 is 5.29. The summed E-state index contributed by atoms with van der Waals surface area (Å²) in [6.45, 7) is 1.86. The van der Waals surface area contributed by atoms with Crippen LogP contribution < -0.4 is 5.32 Å². The van der Waals surface area contributed by atoms with Crippen molar-refractivity contribution < 1.29 is 14.3 Å². The molecule has 5 heteroatoms. The molecule has 1 spiro atoms. The van der Waals surface area contributed by atoms with Gasteiger partial charge in [-0.25, -0.2) is 0 Å². The second-order valence-corrected chi connectivity index (χ2v) is 5.19. The molecule has 3 aliphatic rings. The number of nitrogens with zero attached hydrogens (tertiary/aromatic N) is 1. The van der Waals surface area contributed by atoms with Crippen LogP contribution in [0.3, 0.4) is 0 Å². The van der Waals surface area contributed by atoms with E-state index in [0.29, 0.717) is 26.1 Å². The SMILES string of the molecule is O=C1NC2(CCOCC2)C(=O)N2CCCC[C@H]12. The number of ether oxygens (including phenoxy) is 1. The molecule has 3 aliphatic heterocycles. The zero-order chi connectivity index (χ0) is 11.9. The number of carbonyl (C=O) groups excluding carboxylic acids is 2. The number of hydrogen-bond donors (Lipinski definition) is 1. The number of rotatable bonds is 0. The number of nitrogens with one attached hydrogen (secondary N) is 1. The van der Waals surface area contributed by atoms with E-state index in [-0.39, 0.29) is 17.9 Å². The zero-order valence-corrected chi connectivity index (χ0v) is 9.91. The van der Waals surface area contributed by atoms with Crippen LogP contribution in [0, 0.1) is 0 Å². The third kappa shape index (κ3) is 1.64. The molecule has 0 aromatic carbocycles. The smallest absolute Gasteiger partial charge is 0.249 e. The first-order valence-electron chi connectivity index (χ1n) is 6.44. The average Bonchev–Trinajstić information content (AvgIpc) is 2.37. The molecule has 3 rings (SSSR count). The predicted molar refractivity (Wildman–Crippen MR) is 60.3 cm³/mol.